The highest BCUT2D eigenvalue weighted by molar-refractivity contribution is 7.01. The maximum atomic E-state index is 14.8. The van der Waals surface area contributed by atoms with Gasteiger partial charge in [-0.05, 0) is 40.7 Å². The van der Waals surface area contributed by atoms with Gasteiger partial charge in [-0.25, -0.2) is 9.18 Å². The van der Waals surface area contributed by atoms with Crippen molar-refractivity contribution in [2.75, 3.05) is 19.0 Å². The summed E-state index contributed by atoms with van der Waals surface area (Å²) in [7, 11) is 1.31. The molecule has 1 saturated heterocycles. The molecule has 7 rings (SSSR count). The Kier molecular flexibility index (Phi) is 6.18. The highest BCUT2D eigenvalue weighted by atomic mass is 28.3. The Morgan fingerprint density at radius 3 is 2.35 bits per heavy atom. The first-order chi connectivity index (χ1) is 20.4. The number of carbonyl (C=O) groups excluding carboxylic acids is 1. The maximum absolute atomic E-state index is 14.8. The van der Waals surface area contributed by atoms with E-state index in [9.17, 15) is 29.6 Å². The molecule has 2 fully saturated rings. The molecule has 9 nitrogen and oxygen atoms in total. The number of carbonyl (C=O) groups is 1. The molecule has 0 aromatic heterocycles. The number of nitrogens with zero attached hydrogens (tertiary/aromatic N) is 1. The third kappa shape index (κ3) is 3.76. The molecule has 0 radical (unpaired) electrons. The number of halogens is 1. The van der Waals surface area contributed by atoms with Crippen molar-refractivity contribution in [2.24, 2.45) is 0 Å². The molecule has 11 heteroatoms. The van der Waals surface area contributed by atoms with Crippen molar-refractivity contribution < 1.29 is 43.8 Å². The van der Waals surface area contributed by atoms with Crippen molar-refractivity contribution in [3.8, 4) is 5.75 Å². The molecule has 226 valence electrons. The predicted molar refractivity (Wildman–Crippen MR) is 157 cm³/mol. The smallest absolute Gasteiger partial charge is 0.340 e. The summed E-state index contributed by atoms with van der Waals surface area (Å²) in [6.45, 7) is 3.39. The SMILES string of the molecule is CN(C)c1ccc2c(c1)[Si](C)(C)c1cc(O[C@@H]3OC4(CC4O)[C@H](O)[C@H](O)[C@H]3O)c(CF)cc1C21OC(=O)c2ccccc21. The average Bonchev–Trinajstić information content (AvgIpc) is 3.54. The monoisotopic (exact) mass is 607 g/mol. The van der Waals surface area contributed by atoms with Crippen LogP contribution in [0.2, 0.25) is 13.1 Å². The Morgan fingerprint density at radius 2 is 1.67 bits per heavy atom. The lowest BCUT2D eigenvalue weighted by atomic mass is 9.78. The fraction of sp³-hybridized carbons (Fsp3) is 0.406. The quantitative estimate of drug-likeness (QED) is 0.255. The van der Waals surface area contributed by atoms with Crippen molar-refractivity contribution >= 4 is 30.1 Å². The van der Waals surface area contributed by atoms with Crippen LogP contribution in [0.25, 0.3) is 0 Å². The van der Waals surface area contributed by atoms with Crippen LogP contribution in [0.3, 0.4) is 0 Å². The number of hydrogen-bond donors (Lipinski definition) is 4. The zero-order valence-electron chi connectivity index (χ0n) is 24.2. The lowest BCUT2D eigenvalue weighted by molar-refractivity contribution is -0.289. The average molecular weight is 608 g/mol. The zero-order chi connectivity index (χ0) is 30.6. The zero-order valence-corrected chi connectivity index (χ0v) is 25.2. The van der Waals surface area contributed by atoms with Gasteiger partial charge in [-0.2, -0.15) is 0 Å². The van der Waals surface area contributed by atoms with Gasteiger partial charge in [-0.1, -0.05) is 37.4 Å². The van der Waals surface area contributed by atoms with Crippen LogP contribution >= 0.6 is 0 Å². The first-order valence-corrected chi connectivity index (χ1v) is 17.3. The van der Waals surface area contributed by atoms with E-state index < -0.39 is 62.6 Å². The number of aliphatic hydroxyl groups excluding tert-OH is 4. The number of benzene rings is 3. The number of hydrogen-bond acceptors (Lipinski definition) is 9. The van der Waals surface area contributed by atoms with Crippen LogP contribution in [0, 0.1) is 0 Å². The summed E-state index contributed by atoms with van der Waals surface area (Å²) >= 11 is 0. The topological polar surface area (TPSA) is 129 Å². The Bertz CT molecular complexity index is 1660. The minimum absolute atomic E-state index is 0.0657. The molecule has 3 aromatic carbocycles. The molecule has 1 aliphatic carbocycles. The third-order valence-corrected chi connectivity index (χ3v) is 13.2. The van der Waals surface area contributed by atoms with Gasteiger partial charge in [-0.15, -0.1) is 0 Å². The van der Waals surface area contributed by atoms with Crippen LogP contribution in [-0.4, -0.2) is 84.9 Å². The van der Waals surface area contributed by atoms with E-state index >= 15 is 0 Å². The summed E-state index contributed by atoms with van der Waals surface area (Å²) < 4.78 is 33.1. The van der Waals surface area contributed by atoms with E-state index in [0.717, 1.165) is 21.6 Å². The van der Waals surface area contributed by atoms with E-state index in [1.54, 1.807) is 24.3 Å². The van der Waals surface area contributed by atoms with Crippen molar-refractivity contribution in [1.82, 2.24) is 0 Å². The summed E-state index contributed by atoms with van der Waals surface area (Å²) in [5.41, 5.74) is 0.960. The third-order valence-electron chi connectivity index (χ3n) is 9.69. The molecule has 3 unspecified atom stereocenters. The number of fused-ring (bicyclic) bond motifs is 6. The maximum Gasteiger partial charge on any atom is 0.340 e. The Balaban J connectivity index is 1.43. The molecule has 0 amide bonds. The highest BCUT2D eigenvalue weighted by Crippen LogP contribution is 2.51. The number of alkyl halides is 1. The van der Waals surface area contributed by atoms with Crippen molar-refractivity contribution in [1.29, 1.82) is 0 Å². The van der Waals surface area contributed by atoms with Crippen molar-refractivity contribution in [2.45, 2.75) is 68.1 Å². The largest absolute Gasteiger partial charge is 0.462 e. The van der Waals surface area contributed by atoms with Crippen molar-refractivity contribution in [3.05, 3.63) is 82.4 Å². The molecule has 7 atom stereocenters. The fourth-order valence-electron chi connectivity index (χ4n) is 7.09. The molecule has 4 N–H and O–H groups in total. The molecule has 3 aromatic rings. The normalized spacial score (nSPS) is 33.0. The van der Waals surface area contributed by atoms with Crippen LogP contribution < -0.4 is 20.0 Å². The predicted octanol–water partition coefficient (Wildman–Crippen LogP) is 1.14. The summed E-state index contributed by atoms with van der Waals surface area (Å²) in [4.78, 5) is 15.3. The molecule has 2 spiro atoms. The molecule has 43 heavy (non-hydrogen) atoms. The van der Waals surface area contributed by atoms with Gasteiger partial charge in [0.2, 0.25) is 6.29 Å². The molecule has 3 heterocycles. The molecular weight excluding hydrogens is 573 g/mol. The Labute approximate surface area is 249 Å². The second-order valence-corrected chi connectivity index (χ2v) is 17.0. The van der Waals surface area contributed by atoms with Gasteiger partial charge in [0.05, 0.1) is 11.7 Å². The summed E-state index contributed by atoms with van der Waals surface area (Å²) in [6, 6.07) is 16.7. The van der Waals surface area contributed by atoms with Gasteiger partial charge in [0.25, 0.3) is 0 Å². The van der Waals surface area contributed by atoms with Crippen LogP contribution in [0.5, 0.6) is 5.75 Å². The van der Waals surface area contributed by atoms with Crippen LogP contribution in [0.4, 0.5) is 10.1 Å². The van der Waals surface area contributed by atoms with E-state index in [1.807, 2.05) is 43.3 Å². The van der Waals surface area contributed by atoms with E-state index in [1.165, 1.54) is 0 Å². The van der Waals surface area contributed by atoms with Crippen LogP contribution in [0.1, 0.15) is 39.0 Å². The minimum atomic E-state index is -2.60. The summed E-state index contributed by atoms with van der Waals surface area (Å²) in [5, 5.41) is 43.8. The standard InChI is InChI=1S/C32H34FNO8Si/c1-34(2)17-9-10-20-23(12-17)43(3,4)24-13-22(40-30-27(37)26(36)28(38)31(42-30)14-25(31)35)16(15-33)11-21(24)32(20)19-8-6-5-7-18(19)29(39)41-32/h5-13,25-28,30,35-38H,14-15H2,1-4H3/t25?,26-,27-,28-,30-,31?,32?/m1/s1. The Hall–Kier alpha value is -3.32. The summed E-state index contributed by atoms with van der Waals surface area (Å²) in [5.74, 6) is -0.369. The lowest BCUT2D eigenvalue weighted by Gasteiger charge is -2.45. The number of rotatable bonds is 4. The molecule has 1 saturated carbocycles. The molecule has 4 aliphatic rings. The fourth-order valence-corrected chi connectivity index (χ4v) is 10.2. The van der Waals surface area contributed by atoms with E-state index in [-0.39, 0.29) is 17.7 Å². The highest BCUT2D eigenvalue weighted by Gasteiger charge is 2.68. The first-order valence-electron chi connectivity index (χ1n) is 14.3. The van der Waals surface area contributed by atoms with Gasteiger partial charge in [-0.3, -0.25) is 0 Å². The second-order valence-electron chi connectivity index (χ2n) is 12.7. The van der Waals surface area contributed by atoms with Crippen LogP contribution in [0.15, 0.2) is 54.6 Å². The number of aliphatic hydroxyl groups is 4. The van der Waals surface area contributed by atoms with Gasteiger partial charge in [0, 0.05) is 48.5 Å². The summed E-state index contributed by atoms with van der Waals surface area (Å²) in [6.07, 6.45) is -7.24. The number of ether oxygens (including phenoxy) is 3. The van der Waals surface area contributed by atoms with Gasteiger partial charge in [0.15, 0.2) is 5.60 Å². The number of anilines is 1. The first kappa shape index (κ1) is 28.4. The molecule has 3 aliphatic heterocycles. The second kappa shape index (κ2) is 9.34. The van der Waals surface area contributed by atoms with Gasteiger partial charge >= 0.3 is 5.97 Å². The van der Waals surface area contributed by atoms with E-state index in [0.29, 0.717) is 16.7 Å². The molecule has 0 bridgehead atoms. The Morgan fingerprint density at radius 1 is 0.977 bits per heavy atom. The number of esters is 1. The van der Waals surface area contributed by atoms with Gasteiger partial charge in [0.1, 0.15) is 44.4 Å². The van der Waals surface area contributed by atoms with E-state index in [4.69, 9.17) is 14.2 Å². The minimum Gasteiger partial charge on any atom is -0.462 e. The van der Waals surface area contributed by atoms with Crippen LogP contribution in [-0.2, 0) is 21.7 Å². The lowest BCUT2D eigenvalue weighted by Crippen LogP contribution is -2.63. The van der Waals surface area contributed by atoms with E-state index in [2.05, 4.69) is 19.2 Å². The molecular formula is C32H34FNO8Si. The van der Waals surface area contributed by atoms with Crippen molar-refractivity contribution in [3.63, 3.8) is 0 Å². The van der Waals surface area contributed by atoms with Gasteiger partial charge < -0.3 is 39.5 Å².